The van der Waals surface area contributed by atoms with Crippen LogP contribution in [0.15, 0.2) is 47.3 Å². The summed E-state index contributed by atoms with van der Waals surface area (Å²) in [6.07, 6.45) is 0. The van der Waals surface area contributed by atoms with E-state index in [-0.39, 0.29) is 5.43 Å². The summed E-state index contributed by atoms with van der Waals surface area (Å²) in [7, 11) is 0. The second kappa shape index (κ2) is 4.40. The molecule has 90 valence electrons. The number of benzene rings is 2. The molecule has 0 aliphatic heterocycles. The molecule has 2 aromatic carbocycles. The minimum absolute atomic E-state index is 0.00254. The van der Waals surface area contributed by atoms with Crippen molar-refractivity contribution in [3.05, 3.63) is 52.7 Å². The van der Waals surface area contributed by atoms with Crippen molar-refractivity contribution in [3.63, 3.8) is 0 Å². The summed E-state index contributed by atoms with van der Waals surface area (Å²) in [5.41, 5.74) is 0.00254. The molecule has 0 aliphatic rings. The van der Waals surface area contributed by atoms with Gasteiger partial charge in [0.1, 0.15) is 5.75 Å². The highest BCUT2D eigenvalue weighted by molar-refractivity contribution is 7.24. The molecule has 0 fully saturated rings. The highest BCUT2D eigenvalue weighted by atomic mass is 32.1. The zero-order valence-electron chi connectivity index (χ0n) is 9.42. The van der Waals surface area contributed by atoms with E-state index in [9.17, 15) is 4.79 Å². The van der Waals surface area contributed by atoms with Gasteiger partial charge in [-0.15, -0.1) is 11.3 Å². The van der Waals surface area contributed by atoms with Crippen LogP contribution in [-0.4, -0.2) is 11.9 Å². The van der Waals surface area contributed by atoms with E-state index in [1.807, 2.05) is 30.3 Å². The van der Waals surface area contributed by atoms with Crippen LogP contribution < -0.4 is 10.2 Å². The zero-order chi connectivity index (χ0) is 12.5. The topological polar surface area (TPSA) is 46.5 Å². The Morgan fingerprint density at radius 3 is 2.67 bits per heavy atom. The summed E-state index contributed by atoms with van der Waals surface area (Å²) >= 11 is 1.57. The summed E-state index contributed by atoms with van der Waals surface area (Å²) in [5.74, 6) is 0.504. The fraction of sp³-hybridized carbons (Fsp3) is 0.0714. The summed E-state index contributed by atoms with van der Waals surface area (Å²) in [6.45, 7) is -0.392. The van der Waals surface area contributed by atoms with E-state index in [0.29, 0.717) is 11.1 Å². The molecule has 0 saturated carbocycles. The zero-order valence-corrected chi connectivity index (χ0v) is 10.2. The van der Waals surface area contributed by atoms with Gasteiger partial charge in [-0.1, -0.05) is 12.1 Å². The smallest absolute Gasteiger partial charge is 0.196 e. The van der Waals surface area contributed by atoms with Crippen molar-refractivity contribution in [3.8, 4) is 5.75 Å². The first-order chi connectivity index (χ1) is 8.79. The molecule has 1 aromatic heterocycles. The summed E-state index contributed by atoms with van der Waals surface area (Å²) in [6, 6.07) is 12.8. The van der Waals surface area contributed by atoms with Gasteiger partial charge in [0.15, 0.2) is 12.2 Å². The Labute approximate surface area is 107 Å². The number of aliphatic hydroxyl groups is 1. The summed E-state index contributed by atoms with van der Waals surface area (Å²) in [5, 5.41) is 10.1. The van der Waals surface area contributed by atoms with Gasteiger partial charge in [0.25, 0.3) is 0 Å². The molecule has 3 aromatic rings. The first-order valence-electron chi connectivity index (χ1n) is 5.49. The van der Waals surface area contributed by atoms with Gasteiger partial charge in [-0.25, -0.2) is 0 Å². The van der Waals surface area contributed by atoms with Gasteiger partial charge in [0.05, 0.1) is 0 Å². The lowest BCUT2D eigenvalue weighted by Crippen LogP contribution is -2.02. The van der Waals surface area contributed by atoms with E-state index < -0.39 is 6.79 Å². The van der Waals surface area contributed by atoms with E-state index in [2.05, 4.69) is 0 Å². The van der Waals surface area contributed by atoms with Crippen LogP contribution in [0.25, 0.3) is 20.2 Å². The molecule has 0 spiro atoms. The number of rotatable bonds is 2. The molecule has 0 bridgehead atoms. The molecule has 0 saturated heterocycles. The predicted octanol–water partition coefficient (Wildman–Crippen LogP) is 2.74. The molecule has 0 amide bonds. The van der Waals surface area contributed by atoms with Gasteiger partial charge in [-0.05, 0) is 30.3 Å². The maximum absolute atomic E-state index is 12.3. The van der Waals surface area contributed by atoms with E-state index in [0.717, 1.165) is 14.8 Å². The SMILES string of the molecule is O=c1c2ccccc2sc2ccc(OCO)cc12. The second-order valence-electron chi connectivity index (χ2n) is 3.86. The molecule has 0 aliphatic carbocycles. The van der Waals surface area contributed by atoms with Crippen LogP contribution in [0.5, 0.6) is 5.75 Å². The minimum atomic E-state index is -0.392. The second-order valence-corrected chi connectivity index (χ2v) is 4.94. The summed E-state index contributed by atoms with van der Waals surface area (Å²) < 4.78 is 6.90. The van der Waals surface area contributed by atoms with Crippen molar-refractivity contribution in [2.24, 2.45) is 0 Å². The molecule has 0 radical (unpaired) electrons. The maximum atomic E-state index is 12.3. The number of hydrogen-bond acceptors (Lipinski definition) is 4. The van der Waals surface area contributed by atoms with E-state index in [4.69, 9.17) is 9.84 Å². The van der Waals surface area contributed by atoms with Crippen LogP contribution in [0.2, 0.25) is 0 Å². The largest absolute Gasteiger partial charge is 0.468 e. The molecular weight excluding hydrogens is 248 g/mol. The van der Waals surface area contributed by atoms with Crippen LogP contribution >= 0.6 is 11.3 Å². The highest BCUT2D eigenvalue weighted by Gasteiger charge is 2.06. The quantitative estimate of drug-likeness (QED) is 0.568. The van der Waals surface area contributed by atoms with Gasteiger partial charge in [0, 0.05) is 20.2 Å². The van der Waals surface area contributed by atoms with Crippen molar-refractivity contribution in [1.29, 1.82) is 0 Å². The van der Waals surface area contributed by atoms with E-state index >= 15 is 0 Å². The third-order valence-electron chi connectivity index (χ3n) is 2.78. The monoisotopic (exact) mass is 258 g/mol. The first-order valence-corrected chi connectivity index (χ1v) is 6.30. The number of hydrogen-bond donors (Lipinski definition) is 1. The minimum Gasteiger partial charge on any atom is -0.468 e. The molecule has 3 nitrogen and oxygen atoms in total. The van der Waals surface area contributed by atoms with Crippen molar-refractivity contribution in [2.45, 2.75) is 0 Å². The Morgan fingerprint density at radius 2 is 1.83 bits per heavy atom. The summed E-state index contributed by atoms with van der Waals surface area (Å²) in [4.78, 5) is 12.3. The van der Waals surface area contributed by atoms with Gasteiger partial charge >= 0.3 is 0 Å². The van der Waals surface area contributed by atoms with Crippen molar-refractivity contribution in [1.82, 2.24) is 0 Å². The van der Waals surface area contributed by atoms with Crippen LogP contribution in [0.1, 0.15) is 0 Å². The lowest BCUT2D eigenvalue weighted by molar-refractivity contribution is 0.0987. The average molecular weight is 258 g/mol. The average Bonchev–Trinajstić information content (AvgIpc) is 2.40. The van der Waals surface area contributed by atoms with Crippen molar-refractivity contribution < 1.29 is 9.84 Å². The van der Waals surface area contributed by atoms with E-state index in [1.165, 1.54) is 0 Å². The number of ether oxygens (including phenoxy) is 1. The molecule has 0 atom stereocenters. The van der Waals surface area contributed by atoms with Gasteiger partial charge < -0.3 is 9.84 Å². The Morgan fingerprint density at radius 1 is 1.06 bits per heavy atom. The first kappa shape index (κ1) is 11.2. The fourth-order valence-corrected chi connectivity index (χ4v) is 3.00. The molecule has 4 heteroatoms. The van der Waals surface area contributed by atoms with Crippen LogP contribution in [0.3, 0.4) is 0 Å². The third kappa shape index (κ3) is 1.75. The molecular formula is C14H10O3S. The maximum Gasteiger partial charge on any atom is 0.196 e. The Hall–Kier alpha value is -1.91. The van der Waals surface area contributed by atoms with Gasteiger partial charge in [0.2, 0.25) is 0 Å². The van der Waals surface area contributed by atoms with Crippen LogP contribution in [-0.2, 0) is 0 Å². The number of fused-ring (bicyclic) bond motifs is 2. The Bertz CT molecular complexity index is 777. The number of aliphatic hydroxyl groups excluding tert-OH is 1. The molecule has 18 heavy (non-hydrogen) atoms. The molecule has 1 N–H and O–H groups in total. The van der Waals surface area contributed by atoms with Gasteiger partial charge in [-0.3, -0.25) is 4.79 Å². The van der Waals surface area contributed by atoms with Crippen molar-refractivity contribution in [2.75, 3.05) is 6.79 Å². The van der Waals surface area contributed by atoms with Crippen molar-refractivity contribution >= 4 is 31.5 Å². The lowest BCUT2D eigenvalue weighted by atomic mass is 10.2. The van der Waals surface area contributed by atoms with E-state index in [1.54, 1.807) is 23.5 Å². The predicted molar refractivity (Wildman–Crippen MR) is 73.3 cm³/mol. The van der Waals surface area contributed by atoms with Gasteiger partial charge in [-0.2, -0.15) is 0 Å². The standard InChI is InChI=1S/C14H10O3S/c15-8-17-9-5-6-13-11(7-9)14(16)10-3-1-2-4-12(10)18-13/h1-7,15H,8H2. The Kier molecular flexibility index (Phi) is 2.74. The molecule has 3 rings (SSSR count). The highest BCUT2D eigenvalue weighted by Crippen LogP contribution is 2.27. The normalized spacial score (nSPS) is 10.9. The fourth-order valence-electron chi connectivity index (χ4n) is 1.95. The van der Waals surface area contributed by atoms with Crippen LogP contribution in [0.4, 0.5) is 0 Å². The lowest BCUT2D eigenvalue weighted by Gasteiger charge is -2.04. The third-order valence-corrected chi connectivity index (χ3v) is 3.93. The Balaban J connectivity index is 2.38. The molecule has 0 unspecified atom stereocenters. The molecule has 1 heterocycles. The van der Waals surface area contributed by atoms with Crippen LogP contribution in [0, 0.1) is 0 Å².